The van der Waals surface area contributed by atoms with Crippen LogP contribution in [-0.2, 0) is 4.79 Å². The molecule has 0 aliphatic carbocycles. The molecular formula is C15H21NO4. The van der Waals surface area contributed by atoms with Gasteiger partial charge in [-0.1, -0.05) is 25.1 Å². The predicted molar refractivity (Wildman–Crippen MR) is 75.6 cm³/mol. The highest BCUT2D eigenvalue weighted by atomic mass is 16.4. The minimum absolute atomic E-state index is 0.0288. The van der Waals surface area contributed by atoms with E-state index in [1.54, 1.807) is 19.1 Å². The van der Waals surface area contributed by atoms with Crippen LogP contribution in [0.3, 0.4) is 0 Å². The van der Waals surface area contributed by atoms with Gasteiger partial charge >= 0.3 is 5.97 Å². The van der Waals surface area contributed by atoms with Crippen LogP contribution >= 0.6 is 0 Å². The zero-order valence-corrected chi connectivity index (χ0v) is 11.9. The molecule has 2 N–H and O–H groups in total. The number of aryl methyl sites for hydroxylation is 1. The summed E-state index contributed by atoms with van der Waals surface area (Å²) in [4.78, 5) is 24.9. The van der Waals surface area contributed by atoms with Crippen molar-refractivity contribution in [3.8, 4) is 0 Å². The van der Waals surface area contributed by atoms with E-state index < -0.39 is 11.9 Å². The van der Waals surface area contributed by atoms with Crippen molar-refractivity contribution < 1.29 is 19.8 Å². The first-order valence-corrected chi connectivity index (χ1v) is 6.66. The molecule has 0 fully saturated rings. The molecule has 110 valence electrons. The van der Waals surface area contributed by atoms with E-state index in [1.165, 1.54) is 4.90 Å². The van der Waals surface area contributed by atoms with E-state index in [9.17, 15) is 9.59 Å². The van der Waals surface area contributed by atoms with E-state index in [2.05, 4.69) is 0 Å². The largest absolute Gasteiger partial charge is 0.481 e. The van der Waals surface area contributed by atoms with E-state index in [4.69, 9.17) is 10.2 Å². The molecule has 1 atom stereocenters. The molecule has 0 radical (unpaired) electrons. The highest BCUT2D eigenvalue weighted by molar-refractivity contribution is 5.95. The van der Waals surface area contributed by atoms with Crippen molar-refractivity contribution in [2.75, 3.05) is 19.7 Å². The second kappa shape index (κ2) is 7.65. The lowest BCUT2D eigenvalue weighted by molar-refractivity contribution is -0.141. The van der Waals surface area contributed by atoms with Gasteiger partial charge in [-0.05, 0) is 25.0 Å². The quantitative estimate of drug-likeness (QED) is 0.793. The summed E-state index contributed by atoms with van der Waals surface area (Å²) in [5.41, 5.74) is 1.43. The Hall–Kier alpha value is -1.88. The Labute approximate surface area is 118 Å². The topological polar surface area (TPSA) is 77.8 Å². The molecule has 1 unspecified atom stereocenters. The maximum Gasteiger partial charge on any atom is 0.308 e. The molecule has 0 aliphatic rings. The Morgan fingerprint density at radius 1 is 1.30 bits per heavy atom. The highest BCUT2D eigenvalue weighted by Gasteiger charge is 2.22. The van der Waals surface area contributed by atoms with Crippen LogP contribution in [0, 0.1) is 12.8 Å². The summed E-state index contributed by atoms with van der Waals surface area (Å²) < 4.78 is 0. The number of hydrogen-bond donors (Lipinski definition) is 2. The first-order chi connectivity index (χ1) is 9.47. The van der Waals surface area contributed by atoms with Crippen molar-refractivity contribution in [1.82, 2.24) is 4.90 Å². The molecule has 0 aromatic heterocycles. The third kappa shape index (κ3) is 4.35. The molecule has 1 rings (SSSR count). The molecule has 5 heteroatoms. The Morgan fingerprint density at radius 3 is 2.50 bits per heavy atom. The molecule has 0 saturated carbocycles. The summed E-state index contributed by atoms with van der Waals surface area (Å²) in [5.74, 6) is -1.76. The fourth-order valence-corrected chi connectivity index (χ4v) is 1.93. The molecule has 5 nitrogen and oxygen atoms in total. The number of nitrogens with zero attached hydrogens (tertiary/aromatic N) is 1. The number of carboxylic acid groups (broad SMARTS) is 1. The van der Waals surface area contributed by atoms with Crippen LogP contribution in [0.1, 0.15) is 29.3 Å². The van der Waals surface area contributed by atoms with Crippen LogP contribution < -0.4 is 0 Å². The van der Waals surface area contributed by atoms with Gasteiger partial charge in [0.05, 0.1) is 5.92 Å². The van der Waals surface area contributed by atoms with Crippen molar-refractivity contribution in [2.45, 2.75) is 20.3 Å². The van der Waals surface area contributed by atoms with Crippen LogP contribution in [-0.4, -0.2) is 46.7 Å². The van der Waals surface area contributed by atoms with Gasteiger partial charge in [0.1, 0.15) is 0 Å². The van der Waals surface area contributed by atoms with Gasteiger partial charge in [0.25, 0.3) is 5.91 Å². The molecule has 1 amide bonds. The van der Waals surface area contributed by atoms with Crippen molar-refractivity contribution >= 4 is 11.9 Å². The van der Waals surface area contributed by atoms with Gasteiger partial charge in [0, 0.05) is 25.3 Å². The molecule has 1 aromatic rings. The van der Waals surface area contributed by atoms with Crippen LogP contribution in [0.4, 0.5) is 0 Å². The number of rotatable bonds is 7. The fraction of sp³-hybridized carbons (Fsp3) is 0.467. The summed E-state index contributed by atoms with van der Waals surface area (Å²) in [6, 6.07) is 7.21. The second-order valence-electron chi connectivity index (χ2n) is 4.88. The first kappa shape index (κ1) is 16.2. The van der Waals surface area contributed by atoms with Crippen molar-refractivity contribution in [3.05, 3.63) is 35.4 Å². The number of amides is 1. The van der Waals surface area contributed by atoms with Crippen LogP contribution in [0.2, 0.25) is 0 Å². The highest BCUT2D eigenvalue weighted by Crippen LogP contribution is 2.13. The summed E-state index contributed by atoms with van der Waals surface area (Å²) >= 11 is 0. The lowest BCUT2D eigenvalue weighted by atomic mass is 10.1. The summed E-state index contributed by atoms with van der Waals surface area (Å²) in [7, 11) is 0. The summed E-state index contributed by atoms with van der Waals surface area (Å²) in [5, 5.41) is 17.9. The van der Waals surface area contributed by atoms with Gasteiger partial charge in [0.2, 0.25) is 0 Å². The normalized spacial score (nSPS) is 11.9. The summed E-state index contributed by atoms with van der Waals surface area (Å²) in [6.07, 6.45) is 0.434. The zero-order chi connectivity index (χ0) is 15.1. The van der Waals surface area contributed by atoms with Gasteiger partial charge in [0.15, 0.2) is 0 Å². The summed E-state index contributed by atoms with van der Waals surface area (Å²) in [6.45, 7) is 3.88. The number of aliphatic hydroxyl groups excluding tert-OH is 1. The molecule has 0 heterocycles. The molecular weight excluding hydrogens is 258 g/mol. The fourth-order valence-electron chi connectivity index (χ4n) is 1.93. The standard InChI is InChI=1S/C15H21NO4/c1-11-6-3-4-7-13(11)14(18)16(8-5-9-17)10-12(2)15(19)20/h3-4,6-7,12,17H,5,8-10H2,1-2H3,(H,19,20). The van der Waals surface area contributed by atoms with Crippen molar-refractivity contribution in [3.63, 3.8) is 0 Å². The van der Waals surface area contributed by atoms with Gasteiger partial charge in [-0.2, -0.15) is 0 Å². The number of carbonyl (C=O) groups is 2. The SMILES string of the molecule is Cc1ccccc1C(=O)N(CCCO)CC(C)C(=O)O. The van der Waals surface area contributed by atoms with E-state index in [0.29, 0.717) is 18.5 Å². The lowest BCUT2D eigenvalue weighted by Crippen LogP contribution is -2.38. The number of hydrogen-bond acceptors (Lipinski definition) is 3. The van der Waals surface area contributed by atoms with E-state index >= 15 is 0 Å². The molecule has 1 aromatic carbocycles. The first-order valence-electron chi connectivity index (χ1n) is 6.66. The van der Waals surface area contributed by atoms with Crippen molar-refractivity contribution in [2.24, 2.45) is 5.92 Å². The monoisotopic (exact) mass is 279 g/mol. The molecule has 0 aliphatic heterocycles. The number of aliphatic carboxylic acids is 1. The predicted octanol–water partition coefficient (Wildman–Crippen LogP) is 1.54. The van der Waals surface area contributed by atoms with E-state index in [1.807, 2.05) is 19.1 Å². The lowest BCUT2D eigenvalue weighted by Gasteiger charge is -2.25. The van der Waals surface area contributed by atoms with Crippen LogP contribution in [0.5, 0.6) is 0 Å². The zero-order valence-electron chi connectivity index (χ0n) is 11.9. The third-order valence-electron chi connectivity index (χ3n) is 3.16. The van der Waals surface area contributed by atoms with Crippen LogP contribution in [0.15, 0.2) is 24.3 Å². The number of benzene rings is 1. The van der Waals surface area contributed by atoms with Crippen LogP contribution in [0.25, 0.3) is 0 Å². The Bertz CT molecular complexity index is 473. The van der Waals surface area contributed by atoms with Gasteiger partial charge < -0.3 is 15.1 Å². The maximum atomic E-state index is 12.5. The Balaban J connectivity index is 2.89. The minimum Gasteiger partial charge on any atom is -0.481 e. The average molecular weight is 279 g/mol. The van der Waals surface area contributed by atoms with Gasteiger partial charge in [-0.15, -0.1) is 0 Å². The molecule has 0 bridgehead atoms. The van der Waals surface area contributed by atoms with E-state index in [0.717, 1.165) is 5.56 Å². The number of carboxylic acids is 1. The smallest absolute Gasteiger partial charge is 0.308 e. The number of carbonyl (C=O) groups excluding carboxylic acids is 1. The Kier molecular flexibility index (Phi) is 6.18. The molecule has 0 saturated heterocycles. The average Bonchev–Trinajstić information content (AvgIpc) is 2.42. The molecule has 20 heavy (non-hydrogen) atoms. The van der Waals surface area contributed by atoms with Gasteiger partial charge in [-0.3, -0.25) is 9.59 Å². The maximum absolute atomic E-state index is 12.5. The number of aliphatic hydroxyl groups is 1. The molecule has 0 spiro atoms. The van der Waals surface area contributed by atoms with Crippen molar-refractivity contribution in [1.29, 1.82) is 0 Å². The second-order valence-corrected chi connectivity index (χ2v) is 4.88. The Morgan fingerprint density at radius 2 is 1.95 bits per heavy atom. The van der Waals surface area contributed by atoms with Gasteiger partial charge in [-0.25, -0.2) is 0 Å². The third-order valence-corrected chi connectivity index (χ3v) is 3.16. The van der Waals surface area contributed by atoms with E-state index in [-0.39, 0.29) is 19.1 Å². The minimum atomic E-state index is -0.934.